The van der Waals surface area contributed by atoms with Gasteiger partial charge in [-0.2, -0.15) is 13.2 Å². The fourth-order valence-corrected chi connectivity index (χ4v) is 4.18. The van der Waals surface area contributed by atoms with Crippen LogP contribution in [0.15, 0.2) is 18.2 Å². The molecule has 2 aliphatic heterocycles. The molecule has 1 N–H and O–H groups in total. The van der Waals surface area contributed by atoms with Crippen LogP contribution in [0.25, 0.3) is 0 Å². The first-order valence-electron chi connectivity index (χ1n) is 12.0. The molecule has 10 heteroatoms. The maximum absolute atomic E-state index is 12.8. The van der Waals surface area contributed by atoms with Gasteiger partial charge in [0.05, 0.1) is 25.8 Å². The van der Waals surface area contributed by atoms with Gasteiger partial charge in [0.1, 0.15) is 6.61 Å². The van der Waals surface area contributed by atoms with Crippen molar-refractivity contribution in [1.29, 1.82) is 0 Å². The Kier molecular flexibility index (Phi) is 9.85. The zero-order valence-corrected chi connectivity index (χ0v) is 20.0. The van der Waals surface area contributed by atoms with E-state index in [2.05, 4.69) is 33.7 Å². The summed E-state index contributed by atoms with van der Waals surface area (Å²) < 4.78 is 52.5. The lowest BCUT2D eigenvalue weighted by atomic mass is 9.95. The van der Waals surface area contributed by atoms with Crippen molar-refractivity contribution < 1.29 is 32.2 Å². The highest BCUT2D eigenvalue weighted by atomic mass is 19.4. The van der Waals surface area contributed by atoms with Gasteiger partial charge in [-0.05, 0) is 30.0 Å². The molecule has 1 aromatic rings. The number of benzene rings is 1. The Labute approximate surface area is 199 Å². The van der Waals surface area contributed by atoms with Gasteiger partial charge in [0.15, 0.2) is 11.5 Å². The molecule has 192 valence electrons. The van der Waals surface area contributed by atoms with Crippen molar-refractivity contribution in [2.45, 2.75) is 38.9 Å². The topological polar surface area (TPSA) is 63.3 Å². The number of fused-ring (bicyclic) bond motifs is 1. The number of carbonyl (C=O) groups excluding carboxylic acids is 1. The molecule has 1 fully saturated rings. The number of hydrogen-bond acceptors (Lipinski definition) is 6. The average Bonchev–Trinajstić information content (AvgIpc) is 3.02. The second-order valence-corrected chi connectivity index (χ2v) is 9.18. The zero-order valence-electron chi connectivity index (χ0n) is 20.0. The van der Waals surface area contributed by atoms with Crippen LogP contribution >= 0.6 is 0 Å². The van der Waals surface area contributed by atoms with Crippen molar-refractivity contribution in [1.82, 2.24) is 15.1 Å². The van der Waals surface area contributed by atoms with Crippen LogP contribution < -0.4 is 14.8 Å². The van der Waals surface area contributed by atoms with Gasteiger partial charge in [0, 0.05) is 45.8 Å². The summed E-state index contributed by atoms with van der Waals surface area (Å²) in [5.74, 6) is 1.62. The highest BCUT2D eigenvalue weighted by molar-refractivity contribution is 5.78. The number of carbonyl (C=O) groups is 1. The monoisotopic (exact) mass is 487 g/mol. The van der Waals surface area contributed by atoms with Crippen molar-refractivity contribution >= 4 is 5.91 Å². The van der Waals surface area contributed by atoms with E-state index in [1.807, 2.05) is 18.2 Å². The van der Waals surface area contributed by atoms with E-state index in [9.17, 15) is 18.0 Å². The zero-order chi connectivity index (χ0) is 24.6. The Balaban J connectivity index is 1.42. The second-order valence-electron chi connectivity index (χ2n) is 9.18. The third kappa shape index (κ3) is 8.63. The van der Waals surface area contributed by atoms with Crippen LogP contribution in [-0.4, -0.2) is 87.6 Å². The predicted molar refractivity (Wildman–Crippen MR) is 122 cm³/mol. The Hall–Kier alpha value is -2.04. The molecule has 0 radical (unpaired) electrons. The summed E-state index contributed by atoms with van der Waals surface area (Å²) in [5, 5.41) is 3.18. The van der Waals surface area contributed by atoms with E-state index in [1.54, 1.807) is 0 Å². The SMILES string of the molecule is CC(C)C(NC(=O)CN1CCN(CCCOCC(F)(F)F)CC1)c1ccc2c(c1)OCCCO2. The molecule has 7 nitrogen and oxygen atoms in total. The quantitative estimate of drug-likeness (QED) is 0.512. The third-order valence-corrected chi connectivity index (χ3v) is 5.97. The highest BCUT2D eigenvalue weighted by Crippen LogP contribution is 2.34. The lowest BCUT2D eigenvalue weighted by molar-refractivity contribution is -0.174. The first-order valence-corrected chi connectivity index (χ1v) is 12.0. The van der Waals surface area contributed by atoms with Gasteiger partial charge in [0.2, 0.25) is 5.91 Å². The summed E-state index contributed by atoms with van der Waals surface area (Å²) in [5.41, 5.74) is 0.991. The normalized spacial score (nSPS) is 18.5. The molecule has 0 aliphatic carbocycles. The minimum atomic E-state index is -4.28. The minimum Gasteiger partial charge on any atom is -0.490 e. The summed E-state index contributed by atoms with van der Waals surface area (Å²) >= 11 is 0. The number of nitrogens with one attached hydrogen (secondary N) is 1. The number of halogens is 3. The van der Waals surface area contributed by atoms with Gasteiger partial charge in [-0.25, -0.2) is 0 Å². The molecule has 0 aromatic heterocycles. The van der Waals surface area contributed by atoms with Crippen LogP contribution in [0.4, 0.5) is 13.2 Å². The number of ether oxygens (including phenoxy) is 3. The number of amides is 1. The first kappa shape index (κ1) is 26.6. The van der Waals surface area contributed by atoms with Crippen molar-refractivity contribution in [3.8, 4) is 11.5 Å². The highest BCUT2D eigenvalue weighted by Gasteiger charge is 2.27. The maximum Gasteiger partial charge on any atom is 0.411 e. The Morgan fingerprint density at radius 2 is 1.76 bits per heavy atom. The number of hydrogen-bond donors (Lipinski definition) is 1. The van der Waals surface area contributed by atoms with E-state index >= 15 is 0 Å². The second kappa shape index (κ2) is 12.6. The van der Waals surface area contributed by atoms with Gasteiger partial charge in [-0.3, -0.25) is 9.69 Å². The molecule has 1 atom stereocenters. The third-order valence-electron chi connectivity index (χ3n) is 5.97. The number of nitrogens with zero attached hydrogens (tertiary/aromatic N) is 2. The molecular weight excluding hydrogens is 451 g/mol. The molecule has 3 rings (SSSR count). The van der Waals surface area contributed by atoms with Gasteiger partial charge in [-0.1, -0.05) is 19.9 Å². The number of alkyl halides is 3. The minimum absolute atomic E-state index is 0.0280. The van der Waals surface area contributed by atoms with E-state index in [-0.39, 0.29) is 24.5 Å². The van der Waals surface area contributed by atoms with Crippen molar-refractivity contribution in [2.24, 2.45) is 5.92 Å². The van der Waals surface area contributed by atoms with Crippen molar-refractivity contribution in [2.75, 3.05) is 65.7 Å². The van der Waals surface area contributed by atoms with Crippen LogP contribution in [0, 0.1) is 5.92 Å². The molecule has 1 aromatic carbocycles. The van der Waals surface area contributed by atoms with Gasteiger partial charge in [0.25, 0.3) is 0 Å². The van der Waals surface area contributed by atoms with Crippen LogP contribution in [-0.2, 0) is 9.53 Å². The van der Waals surface area contributed by atoms with Gasteiger partial charge < -0.3 is 24.4 Å². The van der Waals surface area contributed by atoms with Crippen molar-refractivity contribution in [3.05, 3.63) is 23.8 Å². The van der Waals surface area contributed by atoms with Crippen LogP contribution in [0.5, 0.6) is 11.5 Å². The fraction of sp³-hybridized carbons (Fsp3) is 0.708. The van der Waals surface area contributed by atoms with E-state index in [4.69, 9.17) is 9.47 Å². The van der Waals surface area contributed by atoms with Crippen LogP contribution in [0.3, 0.4) is 0 Å². The standard InChI is InChI=1S/C24H36F3N3O4/c1-18(2)23(19-5-6-20-21(15-19)34-14-4-13-33-20)28-22(31)16-30-10-8-29(9-11-30)7-3-12-32-17-24(25,26)27/h5-6,15,18,23H,3-4,7-14,16-17H2,1-2H3,(H,28,31). The summed E-state index contributed by atoms with van der Waals surface area (Å²) in [4.78, 5) is 17.1. The molecule has 1 saturated heterocycles. The summed E-state index contributed by atoms with van der Waals surface area (Å²) in [7, 11) is 0. The molecule has 2 aliphatic rings. The van der Waals surface area contributed by atoms with E-state index in [0.717, 1.165) is 49.7 Å². The maximum atomic E-state index is 12.8. The molecular formula is C24H36F3N3O4. The van der Waals surface area contributed by atoms with Gasteiger partial charge >= 0.3 is 6.18 Å². The van der Waals surface area contributed by atoms with Crippen molar-refractivity contribution in [3.63, 3.8) is 0 Å². The molecule has 0 bridgehead atoms. The molecule has 2 heterocycles. The Bertz CT molecular complexity index is 783. The fourth-order valence-electron chi connectivity index (χ4n) is 4.18. The van der Waals surface area contributed by atoms with E-state index in [1.165, 1.54) is 0 Å². The lowest BCUT2D eigenvalue weighted by Crippen LogP contribution is -2.50. The number of rotatable bonds is 10. The average molecular weight is 488 g/mol. The summed E-state index contributed by atoms with van der Waals surface area (Å²) in [6, 6.07) is 5.71. The molecule has 34 heavy (non-hydrogen) atoms. The molecule has 1 unspecified atom stereocenters. The van der Waals surface area contributed by atoms with Gasteiger partial charge in [-0.15, -0.1) is 0 Å². The van der Waals surface area contributed by atoms with E-state index in [0.29, 0.717) is 32.7 Å². The lowest BCUT2D eigenvalue weighted by Gasteiger charge is -2.34. The smallest absolute Gasteiger partial charge is 0.411 e. The first-order chi connectivity index (χ1) is 16.2. The predicted octanol–water partition coefficient (Wildman–Crippen LogP) is 3.25. The Morgan fingerprint density at radius 1 is 1.09 bits per heavy atom. The molecule has 0 spiro atoms. The molecule has 0 saturated carbocycles. The number of piperazine rings is 1. The van der Waals surface area contributed by atoms with Crippen LogP contribution in [0.1, 0.15) is 38.3 Å². The molecule has 1 amide bonds. The Morgan fingerprint density at radius 3 is 2.44 bits per heavy atom. The van der Waals surface area contributed by atoms with Crippen LogP contribution in [0.2, 0.25) is 0 Å². The summed E-state index contributed by atoms with van der Waals surface area (Å²) in [6.45, 7) is 8.35. The van der Waals surface area contributed by atoms with E-state index < -0.39 is 12.8 Å². The largest absolute Gasteiger partial charge is 0.490 e. The summed E-state index contributed by atoms with van der Waals surface area (Å²) in [6.07, 6.45) is -2.88.